The second kappa shape index (κ2) is 10.5. The van der Waals surface area contributed by atoms with Gasteiger partial charge in [0.15, 0.2) is 6.61 Å². The molecule has 0 aliphatic rings. The molecule has 0 saturated heterocycles. The summed E-state index contributed by atoms with van der Waals surface area (Å²) < 4.78 is 5.48. The van der Waals surface area contributed by atoms with Crippen molar-refractivity contribution in [3.05, 3.63) is 64.7 Å². The maximum atomic E-state index is 12.0. The number of carbonyl (C=O) groups excluding carboxylic acids is 2. The predicted octanol–water partition coefficient (Wildman–Crippen LogP) is 2.25. The molecule has 144 valence electrons. The second-order valence-corrected chi connectivity index (χ2v) is 6.46. The van der Waals surface area contributed by atoms with Gasteiger partial charge in [0.1, 0.15) is 5.75 Å². The maximum Gasteiger partial charge on any atom is 0.258 e. The Hall–Kier alpha value is -2.57. The van der Waals surface area contributed by atoms with Crippen molar-refractivity contribution in [3.63, 3.8) is 0 Å². The Morgan fingerprint density at radius 3 is 2.37 bits per heavy atom. The van der Waals surface area contributed by atoms with Gasteiger partial charge in [0.2, 0.25) is 5.91 Å². The van der Waals surface area contributed by atoms with Crippen molar-refractivity contribution in [3.8, 4) is 5.75 Å². The number of halogens is 1. The second-order valence-electron chi connectivity index (χ2n) is 6.02. The molecule has 0 spiro atoms. The van der Waals surface area contributed by atoms with Crippen molar-refractivity contribution in [2.75, 3.05) is 19.8 Å². The number of hydrogen-bond acceptors (Lipinski definition) is 4. The SMILES string of the molecule is CC(NC(=O)COc1ccc(CC(=O)NCCO)cc1)c1ccc(Cl)cc1. The summed E-state index contributed by atoms with van der Waals surface area (Å²) in [6.07, 6.45) is 0.222. The first kappa shape index (κ1) is 20.7. The van der Waals surface area contributed by atoms with Gasteiger partial charge in [-0.25, -0.2) is 0 Å². The third-order valence-electron chi connectivity index (χ3n) is 3.84. The van der Waals surface area contributed by atoms with E-state index in [4.69, 9.17) is 21.4 Å². The Morgan fingerprint density at radius 1 is 1.07 bits per heavy atom. The molecule has 7 heteroatoms. The maximum absolute atomic E-state index is 12.0. The first-order valence-corrected chi connectivity index (χ1v) is 9.00. The van der Waals surface area contributed by atoms with E-state index in [0.717, 1.165) is 11.1 Å². The lowest BCUT2D eigenvalue weighted by Crippen LogP contribution is -2.31. The molecule has 1 unspecified atom stereocenters. The molecule has 0 bridgehead atoms. The van der Waals surface area contributed by atoms with Crippen LogP contribution < -0.4 is 15.4 Å². The number of amides is 2. The monoisotopic (exact) mass is 390 g/mol. The molecule has 0 aliphatic heterocycles. The molecule has 2 amide bonds. The van der Waals surface area contributed by atoms with Crippen LogP contribution in [0.25, 0.3) is 0 Å². The van der Waals surface area contributed by atoms with Gasteiger partial charge < -0.3 is 20.5 Å². The minimum Gasteiger partial charge on any atom is -0.484 e. The molecule has 1 atom stereocenters. The largest absolute Gasteiger partial charge is 0.484 e. The van der Waals surface area contributed by atoms with Gasteiger partial charge in [0, 0.05) is 11.6 Å². The van der Waals surface area contributed by atoms with E-state index in [-0.39, 0.29) is 44.0 Å². The van der Waals surface area contributed by atoms with Crippen molar-refractivity contribution in [2.24, 2.45) is 0 Å². The molecule has 0 aromatic heterocycles. The molecule has 2 rings (SSSR count). The fraction of sp³-hybridized carbons (Fsp3) is 0.300. The average molecular weight is 391 g/mol. The van der Waals surface area contributed by atoms with Gasteiger partial charge >= 0.3 is 0 Å². The zero-order chi connectivity index (χ0) is 19.6. The molecule has 0 radical (unpaired) electrons. The number of aliphatic hydroxyl groups excluding tert-OH is 1. The molecule has 2 aromatic carbocycles. The molecule has 0 aliphatic carbocycles. The van der Waals surface area contributed by atoms with Gasteiger partial charge in [-0.1, -0.05) is 35.9 Å². The minimum atomic E-state index is -0.232. The smallest absolute Gasteiger partial charge is 0.258 e. The molecule has 27 heavy (non-hydrogen) atoms. The fourth-order valence-corrected chi connectivity index (χ4v) is 2.54. The van der Waals surface area contributed by atoms with Crippen LogP contribution in [0.4, 0.5) is 0 Å². The highest BCUT2D eigenvalue weighted by Crippen LogP contribution is 2.16. The van der Waals surface area contributed by atoms with E-state index in [1.54, 1.807) is 36.4 Å². The fourth-order valence-electron chi connectivity index (χ4n) is 2.41. The summed E-state index contributed by atoms with van der Waals surface area (Å²) in [6.45, 7) is 1.94. The van der Waals surface area contributed by atoms with Crippen molar-refractivity contribution < 1.29 is 19.4 Å². The van der Waals surface area contributed by atoms with Crippen molar-refractivity contribution in [1.82, 2.24) is 10.6 Å². The highest BCUT2D eigenvalue weighted by molar-refractivity contribution is 6.30. The Morgan fingerprint density at radius 2 is 1.74 bits per heavy atom. The normalized spacial score (nSPS) is 11.5. The van der Waals surface area contributed by atoms with E-state index >= 15 is 0 Å². The zero-order valence-electron chi connectivity index (χ0n) is 15.1. The molecule has 6 nitrogen and oxygen atoms in total. The topological polar surface area (TPSA) is 87.7 Å². The van der Waals surface area contributed by atoms with Crippen LogP contribution in [0.3, 0.4) is 0 Å². The van der Waals surface area contributed by atoms with Crippen LogP contribution in [0.1, 0.15) is 24.1 Å². The number of nitrogens with one attached hydrogen (secondary N) is 2. The summed E-state index contributed by atoms with van der Waals surface area (Å²) in [5.41, 5.74) is 1.77. The summed E-state index contributed by atoms with van der Waals surface area (Å²) in [6, 6.07) is 14.1. The molecule has 2 aromatic rings. The van der Waals surface area contributed by atoms with E-state index in [1.807, 2.05) is 19.1 Å². The molecule has 0 saturated carbocycles. The zero-order valence-corrected chi connectivity index (χ0v) is 15.8. The van der Waals surface area contributed by atoms with Gasteiger partial charge in [-0.2, -0.15) is 0 Å². The first-order valence-electron chi connectivity index (χ1n) is 8.62. The van der Waals surface area contributed by atoms with Gasteiger partial charge in [-0.15, -0.1) is 0 Å². The Labute approximate surface area is 163 Å². The van der Waals surface area contributed by atoms with E-state index < -0.39 is 0 Å². The third-order valence-corrected chi connectivity index (χ3v) is 4.09. The summed E-state index contributed by atoms with van der Waals surface area (Å²) in [7, 11) is 0. The van der Waals surface area contributed by atoms with Gasteiger partial charge in [-0.3, -0.25) is 9.59 Å². The van der Waals surface area contributed by atoms with Crippen LogP contribution in [0.5, 0.6) is 5.75 Å². The molecular formula is C20H23ClN2O4. The van der Waals surface area contributed by atoms with Crippen LogP contribution in [-0.4, -0.2) is 36.7 Å². The molecular weight excluding hydrogens is 368 g/mol. The molecule has 0 heterocycles. The average Bonchev–Trinajstić information content (AvgIpc) is 2.66. The van der Waals surface area contributed by atoms with Gasteiger partial charge in [0.25, 0.3) is 5.91 Å². The summed E-state index contributed by atoms with van der Waals surface area (Å²) in [4.78, 5) is 23.6. The van der Waals surface area contributed by atoms with Crippen molar-refractivity contribution in [2.45, 2.75) is 19.4 Å². The Kier molecular flexibility index (Phi) is 8.10. The predicted molar refractivity (Wildman–Crippen MR) is 104 cm³/mol. The van der Waals surface area contributed by atoms with Crippen LogP contribution in [-0.2, 0) is 16.0 Å². The Balaban J connectivity index is 1.77. The van der Waals surface area contributed by atoms with E-state index in [2.05, 4.69) is 10.6 Å². The number of ether oxygens (including phenoxy) is 1. The van der Waals surface area contributed by atoms with E-state index in [9.17, 15) is 9.59 Å². The van der Waals surface area contributed by atoms with E-state index in [0.29, 0.717) is 10.8 Å². The summed E-state index contributed by atoms with van der Waals surface area (Å²) >= 11 is 5.86. The number of hydrogen-bond donors (Lipinski definition) is 3. The number of aliphatic hydroxyl groups is 1. The first-order chi connectivity index (χ1) is 13.0. The van der Waals surface area contributed by atoms with Crippen molar-refractivity contribution in [1.29, 1.82) is 0 Å². The standard InChI is InChI=1S/C20H23ClN2O4/c1-14(16-4-6-17(21)7-5-16)23-20(26)13-27-18-8-2-15(3-9-18)12-19(25)22-10-11-24/h2-9,14,24H,10-13H2,1H3,(H,22,25)(H,23,26). The summed E-state index contributed by atoms with van der Waals surface area (Å²) in [5.74, 6) is 0.155. The number of benzene rings is 2. The lowest BCUT2D eigenvalue weighted by Gasteiger charge is -2.15. The lowest BCUT2D eigenvalue weighted by molar-refractivity contribution is -0.123. The third kappa shape index (κ3) is 7.29. The van der Waals surface area contributed by atoms with Crippen LogP contribution in [0.15, 0.2) is 48.5 Å². The van der Waals surface area contributed by atoms with Crippen molar-refractivity contribution >= 4 is 23.4 Å². The summed E-state index contributed by atoms with van der Waals surface area (Å²) in [5, 5.41) is 14.8. The van der Waals surface area contributed by atoms with Gasteiger partial charge in [-0.05, 0) is 42.3 Å². The molecule has 0 fully saturated rings. The molecule has 3 N–H and O–H groups in total. The lowest BCUT2D eigenvalue weighted by atomic mass is 10.1. The van der Waals surface area contributed by atoms with E-state index in [1.165, 1.54) is 0 Å². The van der Waals surface area contributed by atoms with Crippen LogP contribution >= 0.6 is 11.6 Å². The van der Waals surface area contributed by atoms with Gasteiger partial charge in [0.05, 0.1) is 19.1 Å². The minimum absolute atomic E-state index is 0.0861. The number of carbonyl (C=O) groups is 2. The Bertz CT molecular complexity index is 748. The highest BCUT2D eigenvalue weighted by atomic mass is 35.5. The van der Waals surface area contributed by atoms with Crippen LogP contribution in [0, 0.1) is 0 Å². The number of rotatable bonds is 9. The highest BCUT2D eigenvalue weighted by Gasteiger charge is 2.10. The quantitative estimate of drug-likeness (QED) is 0.612. The van der Waals surface area contributed by atoms with Crippen LogP contribution in [0.2, 0.25) is 5.02 Å².